The molecule has 0 radical (unpaired) electrons. The Morgan fingerprint density at radius 1 is 1.38 bits per heavy atom. The molecule has 6 heteroatoms. The summed E-state index contributed by atoms with van der Waals surface area (Å²) >= 11 is 6.02. The van der Waals surface area contributed by atoms with Gasteiger partial charge in [-0.05, 0) is 24.6 Å². The molecule has 0 aliphatic carbocycles. The predicted octanol–water partition coefficient (Wildman–Crippen LogP) is 3.29. The lowest BCUT2D eigenvalue weighted by Gasteiger charge is -2.07. The Labute approximate surface area is 128 Å². The molecule has 1 heterocycles. The fourth-order valence-corrected chi connectivity index (χ4v) is 1.75. The molecule has 0 bridgehead atoms. The van der Waals surface area contributed by atoms with Crippen molar-refractivity contribution in [3.63, 3.8) is 0 Å². The minimum absolute atomic E-state index is 0.287. The van der Waals surface area contributed by atoms with Crippen molar-refractivity contribution in [2.24, 2.45) is 0 Å². The first-order valence-electron chi connectivity index (χ1n) is 6.34. The van der Waals surface area contributed by atoms with Crippen molar-refractivity contribution >= 4 is 29.1 Å². The molecule has 0 aliphatic heterocycles. The number of aromatic nitrogens is 2. The smallest absolute Gasteiger partial charge is 0.258 e. The Hall–Kier alpha value is -2.40. The Morgan fingerprint density at radius 3 is 2.71 bits per heavy atom. The average Bonchev–Trinajstić information content (AvgIpc) is 2.49. The third kappa shape index (κ3) is 4.03. The van der Waals surface area contributed by atoms with Gasteiger partial charge in [-0.3, -0.25) is 4.79 Å². The van der Waals surface area contributed by atoms with Gasteiger partial charge in [-0.2, -0.15) is 0 Å². The van der Waals surface area contributed by atoms with E-state index in [9.17, 15) is 4.79 Å². The van der Waals surface area contributed by atoms with Crippen LogP contribution in [0.15, 0.2) is 43.2 Å². The van der Waals surface area contributed by atoms with Crippen LogP contribution in [0.5, 0.6) is 0 Å². The predicted molar refractivity (Wildman–Crippen MR) is 84.9 cm³/mol. The molecular weight excluding hydrogens is 288 g/mol. The molecule has 0 atom stereocenters. The van der Waals surface area contributed by atoms with Crippen LogP contribution in [-0.2, 0) is 0 Å². The third-order valence-corrected chi connectivity index (χ3v) is 3.16. The SMILES string of the molecule is C=CCNc1ncc(C(=O)Nc2ccc(C)c(Cl)c2)cn1. The van der Waals surface area contributed by atoms with E-state index in [0.29, 0.717) is 28.8 Å². The molecule has 2 aromatic rings. The zero-order chi connectivity index (χ0) is 15.2. The van der Waals surface area contributed by atoms with Gasteiger partial charge in [0.25, 0.3) is 5.91 Å². The van der Waals surface area contributed by atoms with Crippen molar-refractivity contribution in [3.05, 3.63) is 59.4 Å². The molecule has 0 unspecified atom stereocenters. The lowest BCUT2D eigenvalue weighted by Crippen LogP contribution is -2.13. The molecule has 0 aliphatic rings. The van der Waals surface area contributed by atoms with Crippen molar-refractivity contribution in [1.29, 1.82) is 0 Å². The molecule has 0 saturated heterocycles. The molecule has 1 amide bonds. The van der Waals surface area contributed by atoms with E-state index in [1.807, 2.05) is 13.0 Å². The second-order valence-corrected chi connectivity index (χ2v) is 4.79. The molecule has 1 aromatic heterocycles. The molecular formula is C15H15ClN4O. The molecule has 21 heavy (non-hydrogen) atoms. The Bertz CT molecular complexity index is 655. The number of carbonyl (C=O) groups excluding carboxylic acids is 1. The first-order chi connectivity index (χ1) is 10.1. The van der Waals surface area contributed by atoms with Crippen LogP contribution in [0.25, 0.3) is 0 Å². The van der Waals surface area contributed by atoms with Crippen molar-refractivity contribution in [1.82, 2.24) is 9.97 Å². The van der Waals surface area contributed by atoms with Crippen LogP contribution in [0.1, 0.15) is 15.9 Å². The number of nitrogens with zero attached hydrogens (tertiary/aromatic N) is 2. The van der Waals surface area contributed by atoms with Gasteiger partial charge in [0.1, 0.15) is 0 Å². The van der Waals surface area contributed by atoms with Crippen LogP contribution >= 0.6 is 11.6 Å². The molecule has 5 nitrogen and oxygen atoms in total. The van der Waals surface area contributed by atoms with Crippen molar-refractivity contribution in [3.8, 4) is 0 Å². The van der Waals surface area contributed by atoms with Crippen LogP contribution in [0, 0.1) is 6.92 Å². The number of rotatable bonds is 5. The maximum Gasteiger partial charge on any atom is 0.258 e. The summed E-state index contributed by atoms with van der Waals surface area (Å²) in [5.74, 6) is 0.162. The second kappa shape index (κ2) is 6.85. The van der Waals surface area contributed by atoms with Gasteiger partial charge in [0.15, 0.2) is 0 Å². The van der Waals surface area contributed by atoms with Crippen LogP contribution in [0.4, 0.5) is 11.6 Å². The summed E-state index contributed by atoms with van der Waals surface area (Å²) in [5.41, 5.74) is 1.95. The third-order valence-electron chi connectivity index (χ3n) is 2.75. The first-order valence-corrected chi connectivity index (χ1v) is 6.72. The molecule has 0 fully saturated rings. The summed E-state index contributed by atoms with van der Waals surface area (Å²) in [4.78, 5) is 20.2. The van der Waals surface area contributed by atoms with E-state index in [4.69, 9.17) is 11.6 Å². The van der Waals surface area contributed by atoms with E-state index in [-0.39, 0.29) is 5.91 Å². The topological polar surface area (TPSA) is 66.9 Å². The number of anilines is 2. The van der Waals surface area contributed by atoms with Gasteiger partial charge in [0.05, 0.1) is 5.56 Å². The lowest BCUT2D eigenvalue weighted by molar-refractivity contribution is 0.102. The molecule has 1 aromatic carbocycles. The highest BCUT2D eigenvalue weighted by Crippen LogP contribution is 2.20. The van der Waals surface area contributed by atoms with Crippen LogP contribution in [0.3, 0.4) is 0 Å². The molecule has 0 saturated carbocycles. The Balaban J connectivity index is 2.05. The standard InChI is InChI=1S/C15H15ClN4O/c1-3-6-17-15-18-8-11(9-19-15)14(21)20-12-5-4-10(2)13(16)7-12/h3-5,7-9H,1,6H2,2H3,(H,20,21)(H,17,18,19). The van der Waals surface area contributed by atoms with E-state index in [1.54, 1.807) is 18.2 Å². The molecule has 2 N–H and O–H groups in total. The van der Waals surface area contributed by atoms with Crippen LogP contribution in [0.2, 0.25) is 5.02 Å². The molecule has 2 rings (SSSR count). The number of nitrogens with one attached hydrogen (secondary N) is 2. The number of benzene rings is 1. The van der Waals surface area contributed by atoms with E-state index < -0.39 is 0 Å². The average molecular weight is 303 g/mol. The van der Waals surface area contributed by atoms with Crippen molar-refractivity contribution in [2.45, 2.75) is 6.92 Å². The number of halogens is 1. The first kappa shape index (κ1) is 15.0. The summed E-state index contributed by atoms with van der Waals surface area (Å²) in [5, 5.41) is 6.29. The van der Waals surface area contributed by atoms with Gasteiger partial charge >= 0.3 is 0 Å². The summed E-state index contributed by atoms with van der Waals surface area (Å²) in [6.07, 6.45) is 4.62. The highest BCUT2D eigenvalue weighted by atomic mass is 35.5. The van der Waals surface area contributed by atoms with Crippen molar-refractivity contribution in [2.75, 3.05) is 17.2 Å². The van der Waals surface area contributed by atoms with E-state index in [2.05, 4.69) is 27.2 Å². The lowest BCUT2D eigenvalue weighted by atomic mass is 10.2. The fraction of sp³-hybridized carbons (Fsp3) is 0.133. The van der Waals surface area contributed by atoms with E-state index in [1.165, 1.54) is 12.4 Å². The number of hydrogen-bond donors (Lipinski definition) is 2. The Kier molecular flexibility index (Phi) is 4.90. The zero-order valence-corrected chi connectivity index (χ0v) is 12.3. The minimum Gasteiger partial charge on any atom is -0.351 e. The fourth-order valence-electron chi connectivity index (χ4n) is 1.57. The number of carbonyl (C=O) groups is 1. The molecule has 0 spiro atoms. The minimum atomic E-state index is -0.287. The normalized spacial score (nSPS) is 10.0. The highest BCUT2D eigenvalue weighted by molar-refractivity contribution is 6.31. The Morgan fingerprint density at radius 2 is 2.10 bits per heavy atom. The van der Waals surface area contributed by atoms with Crippen LogP contribution < -0.4 is 10.6 Å². The number of aryl methyl sites for hydroxylation is 1. The number of amides is 1. The van der Waals surface area contributed by atoms with Crippen LogP contribution in [-0.4, -0.2) is 22.4 Å². The van der Waals surface area contributed by atoms with Gasteiger partial charge in [0.2, 0.25) is 5.95 Å². The van der Waals surface area contributed by atoms with E-state index in [0.717, 1.165) is 5.56 Å². The monoisotopic (exact) mass is 302 g/mol. The maximum atomic E-state index is 12.1. The highest BCUT2D eigenvalue weighted by Gasteiger charge is 2.08. The van der Waals surface area contributed by atoms with Gasteiger partial charge in [-0.25, -0.2) is 9.97 Å². The summed E-state index contributed by atoms with van der Waals surface area (Å²) < 4.78 is 0. The quantitative estimate of drug-likeness (QED) is 0.832. The van der Waals surface area contributed by atoms with Crippen molar-refractivity contribution < 1.29 is 4.79 Å². The summed E-state index contributed by atoms with van der Waals surface area (Å²) in [7, 11) is 0. The van der Waals surface area contributed by atoms with E-state index >= 15 is 0 Å². The van der Waals surface area contributed by atoms with Gasteiger partial charge in [-0.1, -0.05) is 23.7 Å². The molecule has 108 valence electrons. The van der Waals surface area contributed by atoms with Gasteiger partial charge in [-0.15, -0.1) is 6.58 Å². The maximum absolute atomic E-state index is 12.1. The summed E-state index contributed by atoms with van der Waals surface area (Å²) in [6, 6.07) is 5.34. The zero-order valence-electron chi connectivity index (χ0n) is 11.6. The second-order valence-electron chi connectivity index (χ2n) is 4.38. The van der Waals surface area contributed by atoms with Gasteiger partial charge < -0.3 is 10.6 Å². The van der Waals surface area contributed by atoms with Gasteiger partial charge in [0, 0.05) is 29.6 Å². The largest absolute Gasteiger partial charge is 0.351 e. The summed E-state index contributed by atoms with van der Waals surface area (Å²) in [6.45, 7) is 6.05. The number of hydrogen-bond acceptors (Lipinski definition) is 4.